The number of thiophene rings is 1. The fraction of sp³-hybridized carbons (Fsp3) is 0.231. The Kier molecular flexibility index (Phi) is 4.11. The van der Waals surface area contributed by atoms with Crippen LogP contribution in [0.4, 0.5) is 13.2 Å². The third kappa shape index (κ3) is 3.48. The van der Waals surface area contributed by atoms with Gasteiger partial charge in [0.15, 0.2) is 0 Å². The molecule has 1 heterocycles. The lowest BCUT2D eigenvalue weighted by Gasteiger charge is -2.19. The zero-order valence-corrected chi connectivity index (χ0v) is 10.9. The highest BCUT2D eigenvalue weighted by Gasteiger charge is 2.33. The number of para-hydroxylation sites is 1. The third-order valence-electron chi connectivity index (χ3n) is 2.57. The zero-order valence-electron chi connectivity index (χ0n) is 10.1. The Bertz CT molecular complexity index is 525. The van der Waals surface area contributed by atoms with Crippen LogP contribution in [-0.2, 0) is 0 Å². The molecule has 1 N–H and O–H groups in total. The topological polar surface area (TPSA) is 21.3 Å². The van der Waals surface area contributed by atoms with Crippen molar-refractivity contribution >= 4 is 11.3 Å². The maximum atomic E-state index is 12.4. The second kappa shape index (κ2) is 5.63. The van der Waals surface area contributed by atoms with E-state index in [4.69, 9.17) is 0 Å². The Balaban J connectivity index is 2.38. The van der Waals surface area contributed by atoms with Crippen molar-refractivity contribution in [1.29, 1.82) is 0 Å². The summed E-state index contributed by atoms with van der Waals surface area (Å²) in [5.41, 5.74) is 0.463. The first-order valence-corrected chi connectivity index (χ1v) is 6.44. The van der Waals surface area contributed by atoms with Crippen molar-refractivity contribution in [3.8, 4) is 5.75 Å². The number of ether oxygens (including phenoxy) is 1. The van der Waals surface area contributed by atoms with Gasteiger partial charge in [-0.15, -0.1) is 24.5 Å². The van der Waals surface area contributed by atoms with Crippen molar-refractivity contribution in [2.75, 3.05) is 7.05 Å². The smallest absolute Gasteiger partial charge is 0.405 e. The first kappa shape index (κ1) is 13.9. The summed E-state index contributed by atoms with van der Waals surface area (Å²) in [4.78, 5) is 0.931. The van der Waals surface area contributed by atoms with Gasteiger partial charge in [0.25, 0.3) is 0 Å². The van der Waals surface area contributed by atoms with Gasteiger partial charge >= 0.3 is 6.36 Å². The number of alkyl halides is 3. The van der Waals surface area contributed by atoms with Gasteiger partial charge in [-0.05, 0) is 24.6 Å². The summed E-state index contributed by atoms with van der Waals surface area (Å²) in [6, 6.07) is 9.57. The third-order valence-corrected chi connectivity index (χ3v) is 3.51. The quantitative estimate of drug-likeness (QED) is 0.919. The highest BCUT2D eigenvalue weighted by Crippen LogP contribution is 2.34. The summed E-state index contributed by atoms with van der Waals surface area (Å²) in [5, 5.41) is 4.89. The lowest BCUT2D eigenvalue weighted by molar-refractivity contribution is -0.275. The molecule has 19 heavy (non-hydrogen) atoms. The maximum Gasteiger partial charge on any atom is 0.573 e. The van der Waals surface area contributed by atoms with Crippen LogP contribution in [0.3, 0.4) is 0 Å². The lowest BCUT2D eigenvalue weighted by atomic mass is 10.0. The number of benzene rings is 1. The minimum absolute atomic E-state index is 0.178. The van der Waals surface area contributed by atoms with Crippen LogP contribution in [0.2, 0.25) is 0 Å². The van der Waals surface area contributed by atoms with Crippen LogP contribution < -0.4 is 10.1 Å². The minimum Gasteiger partial charge on any atom is -0.405 e. The molecule has 0 fully saturated rings. The summed E-state index contributed by atoms with van der Waals surface area (Å²) in [7, 11) is 1.70. The van der Waals surface area contributed by atoms with E-state index in [2.05, 4.69) is 10.1 Å². The Labute approximate surface area is 112 Å². The van der Waals surface area contributed by atoms with Crippen LogP contribution in [-0.4, -0.2) is 13.4 Å². The summed E-state index contributed by atoms with van der Waals surface area (Å²) in [5.74, 6) is -0.178. The summed E-state index contributed by atoms with van der Waals surface area (Å²) in [6.07, 6.45) is -4.69. The summed E-state index contributed by atoms with van der Waals surface area (Å²) in [6.45, 7) is 0. The number of hydrogen-bond donors (Lipinski definition) is 1. The fourth-order valence-corrected chi connectivity index (χ4v) is 2.70. The average Bonchev–Trinajstić information content (AvgIpc) is 2.84. The molecule has 2 rings (SSSR count). The molecule has 0 aliphatic rings. The van der Waals surface area contributed by atoms with Gasteiger partial charge < -0.3 is 10.1 Å². The van der Waals surface area contributed by atoms with Crippen LogP contribution in [0.5, 0.6) is 5.75 Å². The van der Waals surface area contributed by atoms with E-state index in [1.807, 2.05) is 17.5 Å². The van der Waals surface area contributed by atoms with Gasteiger partial charge in [-0.3, -0.25) is 0 Å². The molecule has 0 amide bonds. The molecule has 0 spiro atoms. The second-order valence-corrected chi connectivity index (χ2v) is 4.80. The Morgan fingerprint density at radius 2 is 1.89 bits per heavy atom. The maximum absolute atomic E-state index is 12.4. The molecule has 0 radical (unpaired) electrons. The van der Waals surface area contributed by atoms with Gasteiger partial charge in [0.05, 0.1) is 6.04 Å². The van der Waals surface area contributed by atoms with Crippen molar-refractivity contribution in [3.05, 3.63) is 52.2 Å². The molecule has 0 aliphatic heterocycles. The number of rotatable bonds is 4. The Hall–Kier alpha value is -1.53. The predicted molar refractivity (Wildman–Crippen MR) is 68.3 cm³/mol. The van der Waals surface area contributed by atoms with Crippen molar-refractivity contribution in [3.63, 3.8) is 0 Å². The molecule has 1 aromatic heterocycles. The van der Waals surface area contributed by atoms with E-state index in [-0.39, 0.29) is 11.8 Å². The van der Waals surface area contributed by atoms with Crippen LogP contribution in [0.1, 0.15) is 16.5 Å². The molecule has 0 saturated carbocycles. The normalized spacial score (nSPS) is 13.3. The molecular formula is C13H12F3NOS. The molecule has 0 bridgehead atoms. The molecule has 1 atom stereocenters. The second-order valence-electron chi connectivity index (χ2n) is 3.82. The van der Waals surface area contributed by atoms with Crippen molar-refractivity contribution in [2.24, 2.45) is 0 Å². The van der Waals surface area contributed by atoms with E-state index in [9.17, 15) is 13.2 Å². The van der Waals surface area contributed by atoms with Gasteiger partial charge in [-0.2, -0.15) is 0 Å². The van der Waals surface area contributed by atoms with Crippen molar-refractivity contribution in [1.82, 2.24) is 5.32 Å². The largest absolute Gasteiger partial charge is 0.573 e. The van der Waals surface area contributed by atoms with Gasteiger partial charge in [0.1, 0.15) is 5.75 Å². The van der Waals surface area contributed by atoms with Gasteiger partial charge in [0, 0.05) is 10.4 Å². The Morgan fingerprint density at radius 1 is 1.16 bits per heavy atom. The molecular weight excluding hydrogens is 275 g/mol. The molecule has 0 aliphatic carbocycles. The first-order valence-electron chi connectivity index (χ1n) is 5.56. The predicted octanol–water partition coefficient (Wildman–Crippen LogP) is 3.96. The van der Waals surface area contributed by atoms with E-state index < -0.39 is 6.36 Å². The molecule has 1 unspecified atom stereocenters. The number of nitrogens with one attached hydrogen (secondary N) is 1. The van der Waals surface area contributed by atoms with Crippen LogP contribution in [0.15, 0.2) is 41.8 Å². The van der Waals surface area contributed by atoms with Crippen LogP contribution in [0.25, 0.3) is 0 Å². The number of hydrogen-bond acceptors (Lipinski definition) is 3. The molecule has 6 heteroatoms. The van der Waals surface area contributed by atoms with Gasteiger partial charge in [0.2, 0.25) is 0 Å². The van der Waals surface area contributed by atoms with E-state index >= 15 is 0 Å². The van der Waals surface area contributed by atoms with Crippen molar-refractivity contribution < 1.29 is 17.9 Å². The highest BCUT2D eigenvalue weighted by atomic mass is 32.1. The minimum atomic E-state index is -4.69. The van der Waals surface area contributed by atoms with E-state index in [0.29, 0.717) is 5.56 Å². The highest BCUT2D eigenvalue weighted by molar-refractivity contribution is 7.10. The SMILES string of the molecule is CNC(c1cccs1)c1ccccc1OC(F)(F)F. The molecule has 1 aromatic carbocycles. The number of halogens is 3. The van der Waals surface area contributed by atoms with Gasteiger partial charge in [-0.25, -0.2) is 0 Å². The monoisotopic (exact) mass is 287 g/mol. The molecule has 0 saturated heterocycles. The molecule has 2 nitrogen and oxygen atoms in total. The van der Waals surface area contributed by atoms with Gasteiger partial charge in [-0.1, -0.05) is 24.3 Å². The average molecular weight is 287 g/mol. The van der Waals surface area contributed by atoms with E-state index in [1.54, 1.807) is 19.2 Å². The fourth-order valence-electron chi connectivity index (χ4n) is 1.84. The summed E-state index contributed by atoms with van der Waals surface area (Å²) < 4.78 is 41.3. The first-order chi connectivity index (χ1) is 9.01. The lowest BCUT2D eigenvalue weighted by Crippen LogP contribution is -2.22. The molecule has 102 valence electrons. The van der Waals surface area contributed by atoms with Crippen LogP contribution in [0, 0.1) is 0 Å². The van der Waals surface area contributed by atoms with E-state index in [0.717, 1.165) is 4.88 Å². The standard InChI is InChI=1S/C13H12F3NOS/c1-17-12(11-7-4-8-19-11)9-5-2-3-6-10(9)18-13(14,15)16/h2-8,12,17H,1H3. The zero-order chi connectivity index (χ0) is 13.9. The summed E-state index contributed by atoms with van der Waals surface area (Å²) >= 11 is 1.48. The van der Waals surface area contributed by atoms with E-state index in [1.165, 1.54) is 23.5 Å². The Morgan fingerprint density at radius 3 is 2.47 bits per heavy atom. The van der Waals surface area contributed by atoms with Crippen LogP contribution >= 0.6 is 11.3 Å². The molecule has 2 aromatic rings. The van der Waals surface area contributed by atoms with Crippen molar-refractivity contribution in [2.45, 2.75) is 12.4 Å².